The molecule has 0 saturated heterocycles. The lowest BCUT2D eigenvalue weighted by atomic mass is 10.0. The molecule has 6 heteroatoms. The van der Waals surface area contributed by atoms with Gasteiger partial charge in [0.15, 0.2) is 0 Å². The van der Waals surface area contributed by atoms with E-state index in [2.05, 4.69) is 21.2 Å². The average molecular weight is 320 g/mol. The quantitative estimate of drug-likeness (QED) is 0.580. The minimum absolute atomic E-state index is 0.346. The zero-order valence-electron chi connectivity index (χ0n) is 10.2. The van der Waals surface area contributed by atoms with Gasteiger partial charge in [0.1, 0.15) is 5.75 Å². The second kappa shape index (κ2) is 7.06. The predicted molar refractivity (Wildman–Crippen MR) is 71.5 cm³/mol. The molecular weight excluding hydrogens is 302 g/mol. The highest BCUT2D eigenvalue weighted by molar-refractivity contribution is 9.10. The van der Waals surface area contributed by atoms with E-state index in [1.807, 2.05) is 18.2 Å². The number of ether oxygens (including phenoxy) is 1. The lowest BCUT2D eigenvalue weighted by molar-refractivity contribution is 0.0413. The predicted octanol–water partition coefficient (Wildman–Crippen LogP) is 0.263. The van der Waals surface area contributed by atoms with Crippen LogP contribution in [0.5, 0.6) is 5.75 Å². The van der Waals surface area contributed by atoms with Gasteiger partial charge >= 0.3 is 0 Å². The molecule has 0 aliphatic rings. The summed E-state index contributed by atoms with van der Waals surface area (Å²) in [7, 11) is 1.58. The SMILES string of the molecule is COc1ccc(Br)c(CNC(CO)(CO)CO)c1. The molecule has 0 aromatic heterocycles. The number of rotatable bonds is 7. The Labute approximate surface area is 115 Å². The van der Waals surface area contributed by atoms with E-state index in [1.165, 1.54) is 0 Å². The van der Waals surface area contributed by atoms with E-state index in [1.54, 1.807) is 7.11 Å². The number of hydrogen-bond acceptors (Lipinski definition) is 5. The first kappa shape index (κ1) is 15.4. The van der Waals surface area contributed by atoms with Gasteiger partial charge in [0.05, 0.1) is 32.5 Å². The van der Waals surface area contributed by atoms with Crippen molar-refractivity contribution in [3.63, 3.8) is 0 Å². The van der Waals surface area contributed by atoms with Crippen LogP contribution in [0.4, 0.5) is 0 Å². The maximum absolute atomic E-state index is 9.21. The number of aliphatic hydroxyl groups is 3. The standard InChI is InChI=1S/C12H18BrNO4/c1-18-10-2-3-11(13)9(4-10)5-14-12(6-15,7-16)8-17/h2-4,14-17H,5-8H2,1H3. The normalized spacial score (nSPS) is 11.6. The van der Waals surface area contributed by atoms with Gasteiger partial charge < -0.3 is 25.4 Å². The largest absolute Gasteiger partial charge is 0.497 e. The Kier molecular flexibility index (Phi) is 6.04. The van der Waals surface area contributed by atoms with Crippen molar-refractivity contribution in [3.8, 4) is 5.75 Å². The van der Waals surface area contributed by atoms with E-state index in [9.17, 15) is 15.3 Å². The highest BCUT2D eigenvalue weighted by atomic mass is 79.9. The molecule has 0 bridgehead atoms. The third kappa shape index (κ3) is 3.66. The van der Waals surface area contributed by atoms with E-state index < -0.39 is 5.54 Å². The van der Waals surface area contributed by atoms with Crippen molar-refractivity contribution in [2.24, 2.45) is 0 Å². The van der Waals surface area contributed by atoms with Crippen LogP contribution < -0.4 is 10.1 Å². The number of halogens is 1. The smallest absolute Gasteiger partial charge is 0.119 e. The molecule has 0 amide bonds. The first-order chi connectivity index (χ1) is 8.60. The van der Waals surface area contributed by atoms with Gasteiger partial charge in [0.2, 0.25) is 0 Å². The molecule has 0 saturated carbocycles. The highest BCUT2D eigenvalue weighted by Gasteiger charge is 2.27. The second-order valence-electron chi connectivity index (χ2n) is 4.07. The summed E-state index contributed by atoms with van der Waals surface area (Å²) in [6.07, 6.45) is 0. The van der Waals surface area contributed by atoms with Gasteiger partial charge in [-0.3, -0.25) is 0 Å². The summed E-state index contributed by atoms with van der Waals surface area (Å²) in [5.74, 6) is 0.720. The maximum Gasteiger partial charge on any atom is 0.119 e. The number of methoxy groups -OCH3 is 1. The molecule has 0 radical (unpaired) electrons. The molecule has 0 aliphatic heterocycles. The summed E-state index contributed by atoms with van der Waals surface area (Å²) >= 11 is 3.41. The van der Waals surface area contributed by atoms with Crippen molar-refractivity contribution in [1.82, 2.24) is 5.32 Å². The van der Waals surface area contributed by atoms with Gasteiger partial charge in [-0.15, -0.1) is 0 Å². The summed E-state index contributed by atoms with van der Waals surface area (Å²) < 4.78 is 6.01. The molecule has 0 spiro atoms. The second-order valence-corrected chi connectivity index (χ2v) is 4.92. The van der Waals surface area contributed by atoms with Crippen LogP contribution in [-0.2, 0) is 6.54 Å². The number of benzene rings is 1. The summed E-state index contributed by atoms with van der Waals surface area (Å²) in [5.41, 5.74) is -0.170. The van der Waals surface area contributed by atoms with Crippen LogP contribution >= 0.6 is 15.9 Å². The molecule has 1 aromatic rings. The Balaban J connectivity index is 2.78. The van der Waals surface area contributed by atoms with Crippen LogP contribution in [0.15, 0.2) is 22.7 Å². The Bertz CT molecular complexity index is 374. The Morgan fingerprint density at radius 2 is 1.83 bits per heavy atom. The number of aliphatic hydroxyl groups excluding tert-OH is 3. The molecule has 0 fully saturated rings. The van der Waals surface area contributed by atoms with Crippen molar-refractivity contribution in [1.29, 1.82) is 0 Å². The van der Waals surface area contributed by atoms with E-state index >= 15 is 0 Å². The van der Waals surface area contributed by atoms with E-state index in [4.69, 9.17) is 4.74 Å². The zero-order valence-corrected chi connectivity index (χ0v) is 11.8. The van der Waals surface area contributed by atoms with Gasteiger partial charge in [-0.25, -0.2) is 0 Å². The van der Waals surface area contributed by atoms with Crippen LogP contribution in [0.3, 0.4) is 0 Å². The van der Waals surface area contributed by atoms with Gasteiger partial charge in [0, 0.05) is 11.0 Å². The van der Waals surface area contributed by atoms with Crippen LogP contribution in [0, 0.1) is 0 Å². The van der Waals surface area contributed by atoms with Crippen LogP contribution in [0.1, 0.15) is 5.56 Å². The van der Waals surface area contributed by atoms with Gasteiger partial charge in [-0.2, -0.15) is 0 Å². The summed E-state index contributed by atoms with van der Waals surface area (Å²) in [4.78, 5) is 0. The molecule has 0 aliphatic carbocycles. The van der Waals surface area contributed by atoms with Gasteiger partial charge in [-0.05, 0) is 23.8 Å². The fourth-order valence-electron chi connectivity index (χ4n) is 1.41. The first-order valence-electron chi connectivity index (χ1n) is 5.51. The van der Waals surface area contributed by atoms with E-state index in [-0.39, 0.29) is 19.8 Å². The minimum Gasteiger partial charge on any atom is -0.497 e. The fourth-order valence-corrected chi connectivity index (χ4v) is 1.80. The number of hydrogen-bond donors (Lipinski definition) is 4. The van der Waals surface area contributed by atoms with Gasteiger partial charge in [0.25, 0.3) is 0 Å². The molecule has 4 N–H and O–H groups in total. The molecule has 18 heavy (non-hydrogen) atoms. The third-order valence-corrected chi connectivity index (χ3v) is 3.59. The molecule has 0 atom stereocenters. The summed E-state index contributed by atoms with van der Waals surface area (Å²) in [6, 6.07) is 5.52. The van der Waals surface area contributed by atoms with Crippen molar-refractivity contribution in [2.45, 2.75) is 12.1 Å². The van der Waals surface area contributed by atoms with E-state index in [0.29, 0.717) is 6.54 Å². The monoisotopic (exact) mass is 319 g/mol. The molecule has 0 heterocycles. The summed E-state index contributed by atoms with van der Waals surface area (Å²) in [6.45, 7) is -0.649. The van der Waals surface area contributed by atoms with Crippen LogP contribution in [-0.4, -0.2) is 47.8 Å². The van der Waals surface area contributed by atoms with Crippen molar-refractivity contribution in [3.05, 3.63) is 28.2 Å². The Morgan fingerprint density at radius 3 is 2.33 bits per heavy atom. The van der Waals surface area contributed by atoms with Crippen molar-refractivity contribution < 1.29 is 20.1 Å². The maximum atomic E-state index is 9.21. The van der Waals surface area contributed by atoms with Crippen molar-refractivity contribution >= 4 is 15.9 Å². The third-order valence-electron chi connectivity index (χ3n) is 2.81. The molecule has 1 rings (SSSR count). The lowest BCUT2D eigenvalue weighted by Crippen LogP contribution is -2.54. The minimum atomic E-state index is -1.08. The van der Waals surface area contributed by atoms with Crippen LogP contribution in [0.2, 0.25) is 0 Å². The Morgan fingerprint density at radius 1 is 1.22 bits per heavy atom. The topological polar surface area (TPSA) is 82.0 Å². The fraction of sp³-hybridized carbons (Fsp3) is 0.500. The average Bonchev–Trinajstić information content (AvgIpc) is 2.42. The number of nitrogens with one attached hydrogen (secondary N) is 1. The lowest BCUT2D eigenvalue weighted by Gasteiger charge is -2.29. The Hall–Kier alpha value is -0.660. The molecule has 1 aromatic carbocycles. The van der Waals surface area contributed by atoms with Crippen molar-refractivity contribution in [2.75, 3.05) is 26.9 Å². The molecule has 0 unspecified atom stereocenters. The molecular formula is C12H18BrNO4. The van der Waals surface area contributed by atoms with Gasteiger partial charge in [-0.1, -0.05) is 15.9 Å². The first-order valence-corrected chi connectivity index (χ1v) is 6.30. The molecule has 5 nitrogen and oxygen atoms in total. The zero-order chi connectivity index (χ0) is 13.6. The van der Waals surface area contributed by atoms with Crippen LogP contribution in [0.25, 0.3) is 0 Å². The van der Waals surface area contributed by atoms with E-state index in [0.717, 1.165) is 15.8 Å². The highest BCUT2D eigenvalue weighted by Crippen LogP contribution is 2.22. The summed E-state index contributed by atoms with van der Waals surface area (Å²) in [5, 5.41) is 30.6. The molecule has 102 valence electrons.